The predicted octanol–water partition coefficient (Wildman–Crippen LogP) is 7.57. The van der Waals surface area contributed by atoms with E-state index in [9.17, 15) is 24.0 Å². The van der Waals surface area contributed by atoms with Gasteiger partial charge in [0.25, 0.3) is 11.8 Å². The van der Waals surface area contributed by atoms with Gasteiger partial charge in [-0.05, 0) is 59.7 Å². The number of hydrogen-bond acceptors (Lipinski definition) is 6. The van der Waals surface area contributed by atoms with Gasteiger partial charge in [-0.2, -0.15) is 5.26 Å². The second-order valence-electron chi connectivity index (χ2n) is 9.58. The molecule has 0 atom stereocenters. The topological polar surface area (TPSA) is 111 Å². The van der Waals surface area contributed by atoms with Crippen molar-refractivity contribution in [3.8, 4) is 17.2 Å². The summed E-state index contributed by atoms with van der Waals surface area (Å²) in [5, 5.41) is 20.3. The summed E-state index contributed by atoms with van der Waals surface area (Å²) in [6.07, 6.45) is 1.46. The third-order valence-electron chi connectivity index (χ3n) is 6.41. The Kier molecular flexibility index (Phi) is 10.2. The van der Waals surface area contributed by atoms with Gasteiger partial charge in [0.15, 0.2) is 0 Å². The zero-order valence-corrected chi connectivity index (χ0v) is 25.3. The second-order valence-corrected chi connectivity index (χ2v) is 11.5. The molecule has 0 radical (unpaired) electrons. The molecule has 5 aromatic rings. The molecule has 0 saturated carbocycles. The van der Waals surface area contributed by atoms with E-state index in [-0.39, 0.29) is 17.4 Å². The van der Waals surface area contributed by atoms with Crippen LogP contribution in [0.1, 0.15) is 21.5 Å². The smallest absolute Gasteiger partial charge is 0.272 e. The molecular weight excluding hydrogens is 608 g/mol. The van der Waals surface area contributed by atoms with Crippen LogP contribution in [0.2, 0.25) is 0 Å². The van der Waals surface area contributed by atoms with Gasteiger partial charge < -0.3 is 16.0 Å². The van der Waals surface area contributed by atoms with Crippen molar-refractivity contribution in [2.24, 2.45) is 0 Å². The minimum absolute atomic E-state index is 0.0352. The highest BCUT2D eigenvalue weighted by atomic mass is 32.2. The molecule has 4 aromatic carbocycles. The quantitative estimate of drug-likeness (QED) is 0.109. The Labute approximate surface area is 267 Å². The van der Waals surface area contributed by atoms with E-state index >= 15 is 0 Å². The van der Waals surface area contributed by atoms with Crippen LogP contribution in [-0.4, -0.2) is 23.5 Å². The molecule has 0 aliphatic carbocycles. The lowest BCUT2D eigenvalue weighted by Crippen LogP contribution is -2.30. The van der Waals surface area contributed by atoms with Gasteiger partial charge in [-0.1, -0.05) is 66.7 Å². The molecule has 7 nitrogen and oxygen atoms in total. The fourth-order valence-corrected chi connectivity index (χ4v) is 5.92. The van der Waals surface area contributed by atoms with E-state index in [2.05, 4.69) is 22.0 Å². The van der Waals surface area contributed by atoms with E-state index in [0.29, 0.717) is 27.4 Å². The van der Waals surface area contributed by atoms with E-state index in [4.69, 9.17) is 0 Å². The van der Waals surface area contributed by atoms with E-state index < -0.39 is 17.6 Å². The predicted molar refractivity (Wildman–Crippen MR) is 177 cm³/mol. The van der Waals surface area contributed by atoms with Crippen LogP contribution >= 0.6 is 23.1 Å². The summed E-state index contributed by atoms with van der Waals surface area (Å²) < 4.78 is 13.5. The summed E-state index contributed by atoms with van der Waals surface area (Å²) in [4.78, 5) is 39.7. The third-order valence-corrected chi connectivity index (χ3v) is 8.30. The summed E-state index contributed by atoms with van der Waals surface area (Å²) in [5.41, 5.74) is 3.38. The van der Waals surface area contributed by atoms with Crippen molar-refractivity contribution in [2.75, 3.05) is 16.4 Å². The first-order valence-electron chi connectivity index (χ1n) is 13.6. The lowest BCUT2D eigenvalue weighted by Gasteiger charge is -2.12. The van der Waals surface area contributed by atoms with Crippen LogP contribution in [0, 0.1) is 17.1 Å². The molecular formula is C35H25FN4O3S2. The highest BCUT2D eigenvalue weighted by molar-refractivity contribution is 8.00. The average Bonchev–Trinajstić information content (AvgIpc) is 3.47. The maximum Gasteiger partial charge on any atom is 0.272 e. The third kappa shape index (κ3) is 8.32. The standard InChI is InChI=1S/C35H25FN4O3S2/c36-26-16-14-23(15-17-26)18-31(39-33(42)25-10-5-2-6-11-25)34(43)38-27-12-7-13-28(19-27)44-22-32(41)40-35-29(20-37)30(21-45-35)24-8-3-1-4-9-24/h1-19,21H,22H2,(H,38,43)(H,39,42)(H,40,41)/b31-18+. The van der Waals surface area contributed by atoms with E-state index in [1.165, 1.54) is 53.4 Å². The number of nitrogens with one attached hydrogen (secondary N) is 3. The van der Waals surface area contributed by atoms with E-state index in [0.717, 1.165) is 16.0 Å². The van der Waals surface area contributed by atoms with Gasteiger partial charge in [-0.25, -0.2) is 4.39 Å². The van der Waals surface area contributed by atoms with E-state index in [1.807, 2.05) is 35.7 Å². The number of carbonyl (C=O) groups excluding carboxylic acids is 3. The zero-order chi connectivity index (χ0) is 31.6. The average molecular weight is 633 g/mol. The number of carbonyl (C=O) groups is 3. The Balaban J connectivity index is 1.25. The van der Waals surface area contributed by atoms with Crippen LogP contribution in [0.25, 0.3) is 17.2 Å². The van der Waals surface area contributed by atoms with Gasteiger partial charge in [0.2, 0.25) is 5.91 Å². The molecule has 0 fully saturated rings. The number of hydrogen-bond donors (Lipinski definition) is 3. The summed E-state index contributed by atoms with van der Waals surface area (Å²) >= 11 is 2.56. The minimum atomic E-state index is -0.584. The Bertz CT molecular complexity index is 1900. The molecule has 1 heterocycles. The largest absolute Gasteiger partial charge is 0.321 e. The van der Waals surface area contributed by atoms with Crippen molar-refractivity contribution in [1.82, 2.24) is 5.32 Å². The number of thioether (sulfide) groups is 1. The molecule has 5 rings (SSSR count). The van der Waals surface area contributed by atoms with Crippen LogP contribution in [0.15, 0.2) is 125 Å². The molecule has 0 unspecified atom stereocenters. The molecule has 0 spiro atoms. The molecule has 10 heteroatoms. The Morgan fingerprint density at radius 3 is 2.29 bits per heavy atom. The minimum Gasteiger partial charge on any atom is -0.321 e. The highest BCUT2D eigenvalue weighted by Crippen LogP contribution is 2.35. The number of amides is 3. The van der Waals surface area contributed by atoms with Gasteiger partial charge >= 0.3 is 0 Å². The lowest BCUT2D eigenvalue weighted by atomic mass is 10.1. The molecule has 1 aromatic heterocycles. The number of anilines is 2. The van der Waals surface area contributed by atoms with Crippen LogP contribution in [0.3, 0.4) is 0 Å². The van der Waals surface area contributed by atoms with Crippen molar-refractivity contribution in [2.45, 2.75) is 4.90 Å². The van der Waals surface area contributed by atoms with E-state index in [1.54, 1.807) is 54.6 Å². The summed E-state index contributed by atoms with van der Waals surface area (Å²) in [5.74, 6) is -1.69. The van der Waals surface area contributed by atoms with Crippen LogP contribution < -0.4 is 16.0 Å². The summed E-state index contributed by atoms with van der Waals surface area (Å²) in [6.45, 7) is 0. The monoisotopic (exact) mass is 632 g/mol. The number of rotatable bonds is 10. The van der Waals surface area contributed by atoms with Crippen LogP contribution in [0.4, 0.5) is 15.1 Å². The zero-order valence-electron chi connectivity index (χ0n) is 23.6. The molecule has 0 saturated heterocycles. The molecule has 0 bridgehead atoms. The Morgan fingerprint density at radius 1 is 0.867 bits per heavy atom. The first-order chi connectivity index (χ1) is 21.9. The van der Waals surface area contributed by atoms with Crippen molar-refractivity contribution in [3.05, 3.63) is 143 Å². The molecule has 3 amide bonds. The summed E-state index contributed by atoms with van der Waals surface area (Å²) in [6, 6.07) is 32.6. The number of halogens is 1. The lowest BCUT2D eigenvalue weighted by molar-refractivity contribution is -0.114. The van der Waals surface area contributed by atoms with Crippen LogP contribution in [0.5, 0.6) is 0 Å². The number of thiophene rings is 1. The van der Waals surface area contributed by atoms with Crippen LogP contribution in [-0.2, 0) is 9.59 Å². The SMILES string of the molecule is N#Cc1c(-c2ccccc2)csc1NC(=O)CSc1cccc(NC(=O)/C(=C\c2ccc(F)cc2)NC(=O)c2ccccc2)c1. The maximum absolute atomic E-state index is 13.5. The molecule has 3 N–H and O–H groups in total. The second kappa shape index (κ2) is 14.8. The van der Waals surface area contributed by atoms with Crippen molar-refractivity contribution in [1.29, 1.82) is 5.26 Å². The summed E-state index contributed by atoms with van der Waals surface area (Å²) in [7, 11) is 0. The molecule has 0 aliphatic heterocycles. The van der Waals surface area contributed by atoms with Gasteiger partial charge in [-0.15, -0.1) is 23.1 Å². The first kappa shape index (κ1) is 30.9. The van der Waals surface area contributed by atoms with Gasteiger partial charge in [0.1, 0.15) is 22.6 Å². The van der Waals surface area contributed by atoms with Crippen molar-refractivity contribution >= 4 is 57.6 Å². The van der Waals surface area contributed by atoms with Gasteiger partial charge in [-0.3, -0.25) is 14.4 Å². The Morgan fingerprint density at radius 2 is 1.58 bits per heavy atom. The Hall–Kier alpha value is -5.50. The number of benzene rings is 4. The van der Waals surface area contributed by atoms with Gasteiger partial charge in [0.05, 0.1) is 11.3 Å². The molecule has 45 heavy (non-hydrogen) atoms. The normalized spacial score (nSPS) is 10.9. The first-order valence-corrected chi connectivity index (χ1v) is 15.5. The number of nitriles is 1. The fourth-order valence-electron chi connectivity index (χ4n) is 4.23. The molecule has 0 aliphatic rings. The van der Waals surface area contributed by atoms with Crippen molar-refractivity contribution in [3.63, 3.8) is 0 Å². The molecule has 222 valence electrons. The highest BCUT2D eigenvalue weighted by Gasteiger charge is 2.17. The fraction of sp³-hybridized carbons (Fsp3) is 0.0286. The van der Waals surface area contributed by atoms with Crippen molar-refractivity contribution < 1.29 is 18.8 Å². The van der Waals surface area contributed by atoms with Gasteiger partial charge in [0, 0.05) is 27.1 Å². The number of nitrogens with zero attached hydrogens (tertiary/aromatic N) is 1. The maximum atomic E-state index is 13.5.